The normalized spacial score (nSPS) is 25.6. The largest absolute Gasteiger partial charge is 0.480 e. The summed E-state index contributed by atoms with van der Waals surface area (Å²) in [6.07, 6.45) is 2.06. The van der Waals surface area contributed by atoms with E-state index in [9.17, 15) is 18.3 Å². The van der Waals surface area contributed by atoms with Gasteiger partial charge in [0.05, 0.1) is 0 Å². The van der Waals surface area contributed by atoms with Gasteiger partial charge in [-0.25, -0.2) is 8.42 Å². The highest BCUT2D eigenvalue weighted by Gasteiger charge is 2.52. The molecule has 6 nitrogen and oxygen atoms in total. The number of carboxylic acid groups (broad SMARTS) is 1. The number of hydrogen-bond acceptors (Lipinski definition) is 5. The molecule has 8 heteroatoms. The first-order chi connectivity index (χ1) is 10.4. The molecule has 122 valence electrons. The fraction of sp³-hybridized carbons (Fsp3) is 0.643. The zero-order valence-electron chi connectivity index (χ0n) is 12.4. The molecule has 2 fully saturated rings. The Bertz CT molecular complexity index is 677. The van der Waals surface area contributed by atoms with Gasteiger partial charge in [-0.2, -0.15) is 4.31 Å². The van der Waals surface area contributed by atoms with E-state index in [2.05, 4.69) is 5.32 Å². The van der Waals surface area contributed by atoms with Gasteiger partial charge in [-0.1, -0.05) is 0 Å². The van der Waals surface area contributed by atoms with Crippen molar-refractivity contribution in [2.75, 3.05) is 19.6 Å². The monoisotopic (exact) mass is 344 g/mol. The van der Waals surface area contributed by atoms with Crippen LogP contribution in [0.15, 0.2) is 15.7 Å². The molecule has 2 N–H and O–H groups in total. The van der Waals surface area contributed by atoms with Gasteiger partial charge in [0.25, 0.3) is 10.0 Å². The van der Waals surface area contributed by atoms with Crippen LogP contribution in [0.25, 0.3) is 0 Å². The Morgan fingerprint density at radius 2 is 2.14 bits per heavy atom. The third-order valence-electron chi connectivity index (χ3n) is 4.77. The molecule has 0 amide bonds. The molecule has 1 aromatic rings. The molecular weight excluding hydrogens is 324 g/mol. The number of nitrogens with zero attached hydrogens (tertiary/aromatic N) is 1. The van der Waals surface area contributed by atoms with Gasteiger partial charge in [0.2, 0.25) is 0 Å². The Labute approximate surface area is 134 Å². The first-order valence-electron chi connectivity index (χ1n) is 7.35. The van der Waals surface area contributed by atoms with Crippen LogP contribution < -0.4 is 5.32 Å². The Kier molecular flexibility index (Phi) is 4.05. The zero-order chi connectivity index (χ0) is 16.0. The number of aliphatic carboxylic acids is 1. The minimum absolute atomic E-state index is 0.202. The van der Waals surface area contributed by atoms with Gasteiger partial charge in [-0.05, 0) is 61.7 Å². The summed E-state index contributed by atoms with van der Waals surface area (Å²) < 4.78 is 27.3. The molecule has 0 radical (unpaired) electrons. The lowest BCUT2D eigenvalue weighted by Gasteiger charge is -2.33. The molecule has 1 aromatic heterocycles. The lowest BCUT2D eigenvalue weighted by atomic mass is 9.77. The third-order valence-corrected chi connectivity index (χ3v) is 8.29. The Morgan fingerprint density at radius 3 is 2.68 bits per heavy atom. The van der Waals surface area contributed by atoms with Crippen molar-refractivity contribution in [3.05, 3.63) is 17.0 Å². The average molecular weight is 344 g/mol. The highest BCUT2D eigenvalue weighted by Crippen LogP contribution is 2.44. The Balaban J connectivity index is 1.97. The maximum Gasteiger partial charge on any atom is 0.322 e. The molecular formula is C14H20N2O4S2. The number of piperidine rings is 1. The van der Waals surface area contributed by atoms with Crippen LogP contribution in [0.5, 0.6) is 0 Å². The van der Waals surface area contributed by atoms with E-state index in [1.807, 2.05) is 0 Å². The summed E-state index contributed by atoms with van der Waals surface area (Å²) in [5.41, 5.74) is 0.479. The number of rotatable bonds is 3. The van der Waals surface area contributed by atoms with Crippen molar-refractivity contribution in [3.63, 3.8) is 0 Å². The molecule has 0 bridgehead atoms. The molecule has 1 atom stereocenters. The standard InChI is InChI=1S/C14H20N2O4S2/c1-10-2-7-21-13(10)22(19,20)16-9-14(3-5-15-6-4-14)8-11(16)12(17)18/h2,7,11,15H,3-6,8-9H2,1H3,(H,17,18)/t11-/m1/s1. The molecule has 0 unspecified atom stereocenters. The summed E-state index contributed by atoms with van der Waals surface area (Å²) in [4.78, 5) is 11.6. The van der Waals surface area contributed by atoms with Gasteiger partial charge < -0.3 is 10.4 Å². The molecule has 0 aromatic carbocycles. The minimum Gasteiger partial charge on any atom is -0.480 e. The van der Waals surface area contributed by atoms with Crippen molar-refractivity contribution >= 4 is 27.3 Å². The maximum atomic E-state index is 12.9. The Hall–Kier alpha value is -0.960. The summed E-state index contributed by atoms with van der Waals surface area (Å²) >= 11 is 1.16. The van der Waals surface area contributed by atoms with Gasteiger partial charge in [-0.3, -0.25) is 4.79 Å². The molecule has 3 heterocycles. The fourth-order valence-corrected chi connectivity index (χ4v) is 6.75. The van der Waals surface area contributed by atoms with Crippen molar-refractivity contribution in [2.24, 2.45) is 5.41 Å². The van der Waals surface area contributed by atoms with Gasteiger partial charge in [0.1, 0.15) is 10.3 Å². The molecule has 22 heavy (non-hydrogen) atoms. The summed E-state index contributed by atoms with van der Waals surface area (Å²) in [6, 6.07) is 0.800. The number of aryl methyl sites for hydroxylation is 1. The second-order valence-electron chi connectivity index (χ2n) is 6.25. The van der Waals surface area contributed by atoms with Gasteiger partial charge in [0.15, 0.2) is 0 Å². The molecule has 2 aliphatic heterocycles. The van der Waals surface area contributed by atoms with E-state index in [0.717, 1.165) is 37.3 Å². The lowest BCUT2D eigenvalue weighted by Crippen LogP contribution is -2.41. The second kappa shape index (κ2) is 5.59. The summed E-state index contributed by atoms with van der Waals surface area (Å²) in [5, 5.41) is 14.5. The van der Waals surface area contributed by atoms with Crippen molar-refractivity contribution in [1.82, 2.24) is 9.62 Å². The van der Waals surface area contributed by atoms with E-state index in [-0.39, 0.29) is 9.62 Å². The van der Waals surface area contributed by atoms with Crippen LogP contribution in [0.1, 0.15) is 24.8 Å². The van der Waals surface area contributed by atoms with E-state index in [0.29, 0.717) is 18.5 Å². The minimum atomic E-state index is -3.74. The van der Waals surface area contributed by atoms with E-state index < -0.39 is 22.0 Å². The molecule has 2 saturated heterocycles. The quantitative estimate of drug-likeness (QED) is 0.862. The molecule has 2 aliphatic rings. The summed E-state index contributed by atoms with van der Waals surface area (Å²) in [5.74, 6) is -1.05. The van der Waals surface area contributed by atoms with Crippen LogP contribution in [-0.2, 0) is 14.8 Å². The number of nitrogens with one attached hydrogen (secondary N) is 1. The van der Waals surface area contributed by atoms with Gasteiger partial charge in [0, 0.05) is 6.54 Å². The van der Waals surface area contributed by atoms with Crippen LogP contribution in [0.4, 0.5) is 0 Å². The van der Waals surface area contributed by atoms with Crippen molar-refractivity contribution in [2.45, 2.75) is 36.4 Å². The molecule has 0 saturated carbocycles. The number of thiophene rings is 1. The second-order valence-corrected chi connectivity index (χ2v) is 9.25. The lowest BCUT2D eigenvalue weighted by molar-refractivity contribution is -0.140. The SMILES string of the molecule is Cc1ccsc1S(=O)(=O)N1CC2(CCNCC2)C[C@@H]1C(=O)O. The van der Waals surface area contributed by atoms with Crippen LogP contribution in [0, 0.1) is 12.3 Å². The van der Waals surface area contributed by atoms with Crippen LogP contribution in [-0.4, -0.2) is 49.5 Å². The molecule has 1 spiro atoms. The maximum absolute atomic E-state index is 12.9. The summed E-state index contributed by atoms with van der Waals surface area (Å²) in [6.45, 7) is 3.69. The van der Waals surface area contributed by atoms with Gasteiger partial charge in [-0.15, -0.1) is 11.3 Å². The molecule has 0 aliphatic carbocycles. The third kappa shape index (κ3) is 2.58. The van der Waals surface area contributed by atoms with E-state index in [1.54, 1.807) is 18.4 Å². The predicted molar refractivity (Wildman–Crippen MR) is 83.5 cm³/mol. The molecule has 3 rings (SSSR count). The van der Waals surface area contributed by atoms with Gasteiger partial charge >= 0.3 is 5.97 Å². The van der Waals surface area contributed by atoms with Crippen molar-refractivity contribution in [1.29, 1.82) is 0 Å². The van der Waals surface area contributed by atoms with E-state index in [1.165, 1.54) is 4.31 Å². The van der Waals surface area contributed by atoms with E-state index >= 15 is 0 Å². The number of sulfonamides is 1. The van der Waals surface area contributed by atoms with Crippen LogP contribution >= 0.6 is 11.3 Å². The number of carboxylic acids is 1. The average Bonchev–Trinajstić information content (AvgIpc) is 3.05. The fourth-order valence-electron chi connectivity index (χ4n) is 3.53. The predicted octanol–water partition coefficient (Wildman–Crippen LogP) is 1.27. The first kappa shape index (κ1) is 15.9. The van der Waals surface area contributed by atoms with Crippen LogP contribution in [0.2, 0.25) is 0 Å². The van der Waals surface area contributed by atoms with E-state index in [4.69, 9.17) is 0 Å². The highest BCUT2D eigenvalue weighted by atomic mass is 32.2. The van der Waals surface area contributed by atoms with Crippen molar-refractivity contribution < 1.29 is 18.3 Å². The smallest absolute Gasteiger partial charge is 0.322 e. The summed E-state index contributed by atoms with van der Waals surface area (Å²) in [7, 11) is -3.74. The first-order valence-corrected chi connectivity index (χ1v) is 9.67. The highest BCUT2D eigenvalue weighted by molar-refractivity contribution is 7.91. The zero-order valence-corrected chi connectivity index (χ0v) is 14.0. The number of carbonyl (C=O) groups is 1. The Morgan fingerprint density at radius 1 is 1.45 bits per heavy atom. The van der Waals surface area contributed by atoms with Crippen molar-refractivity contribution in [3.8, 4) is 0 Å². The van der Waals surface area contributed by atoms with Crippen LogP contribution in [0.3, 0.4) is 0 Å². The topological polar surface area (TPSA) is 86.7 Å². The number of hydrogen-bond donors (Lipinski definition) is 2.